The normalized spacial score (nSPS) is 17.2. The highest BCUT2D eigenvalue weighted by Crippen LogP contribution is 2.32. The van der Waals surface area contributed by atoms with Crippen LogP contribution in [-0.4, -0.2) is 74.3 Å². The van der Waals surface area contributed by atoms with Crippen LogP contribution < -0.4 is 4.74 Å². The third kappa shape index (κ3) is 5.89. The summed E-state index contributed by atoms with van der Waals surface area (Å²) in [6.45, 7) is 3.29. The number of nitrogens with zero attached hydrogens (tertiary/aromatic N) is 3. The maximum Gasteiger partial charge on any atom is 0.260 e. The van der Waals surface area contributed by atoms with Crippen LogP contribution in [-0.2, 0) is 14.8 Å². The van der Waals surface area contributed by atoms with Crippen molar-refractivity contribution in [3.63, 3.8) is 0 Å². The number of benzene rings is 3. The first-order valence-electron chi connectivity index (χ1n) is 13.0. The standard InChI is InChI=1S/C29H32ClN3O4S/c30-25-13-14-26(27(21-25)38(35,36)33-15-7-8-16-33)37-22-28(34)31-17-19-32(20-18-31)29(23-9-3-1-4-10-23)24-11-5-2-6-12-24/h1-6,9-14,21,29H,7-8,15-20,22H2. The highest BCUT2D eigenvalue weighted by molar-refractivity contribution is 7.89. The molecule has 0 saturated carbocycles. The van der Waals surface area contributed by atoms with Gasteiger partial charge in [0.15, 0.2) is 6.61 Å². The topological polar surface area (TPSA) is 70.2 Å². The van der Waals surface area contributed by atoms with E-state index in [0.717, 1.165) is 25.9 Å². The van der Waals surface area contributed by atoms with Gasteiger partial charge in [-0.2, -0.15) is 4.31 Å². The Labute approximate surface area is 229 Å². The van der Waals surface area contributed by atoms with Gasteiger partial charge in [0.1, 0.15) is 10.6 Å². The first-order chi connectivity index (χ1) is 18.4. The molecule has 0 aromatic heterocycles. The Kier molecular flexibility index (Phi) is 8.33. The molecule has 2 aliphatic heterocycles. The number of carbonyl (C=O) groups excluding carboxylic acids is 1. The van der Waals surface area contributed by atoms with Gasteiger partial charge >= 0.3 is 0 Å². The minimum absolute atomic E-state index is 0.0121. The van der Waals surface area contributed by atoms with Gasteiger partial charge in [-0.3, -0.25) is 9.69 Å². The molecule has 200 valence electrons. The van der Waals surface area contributed by atoms with Crippen LogP contribution in [0.2, 0.25) is 5.02 Å². The van der Waals surface area contributed by atoms with Gasteiger partial charge in [-0.1, -0.05) is 72.3 Å². The number of hydrogen-bond acceptors (Lipinski definition) is 5. The number of piperazine rings is 1. The number of ether oxygens (including phenoxy) is 1. The summed E-state index contributed by atoms with van der Waals surface area (Å²) in [5.41, 5.74) is 2.44. The molecule has 2 fully saturated rings. The molecule has 2 aliphatic rings. The molecule has 3 aromatic rings. The van der Waals surface area contributed by atoms with E-state index in [1.807, 2.05) is 12.1 Å². The minimum Gasteiger partial charge on any atom is -0.482 e. The van der Waals surface area contributed by atoms with Crippen molar-refractivity contribution >= 4 is 27.5 Å². The van der Waals surface area contributed by atoms with Crippen molar-refractivity contribution in [2.75, 3.05) is 45.9 Å². The third-order valence-corrected chi connectivity index (χ3v) is 9.36. The van der Waals surface area contributed by atoms with Gasteiger partial charge in [-0.25, -0.2) is 8.42 Å². The lowest BCUT2D eigenvalue weighted by molar-refractivity contribution is -0.135. The predicted octanol–water partition coefficient (Wildman–Crippen LogP) is 4.44. The van der Waals surface area contributed by atoms with E-state index in [0.29, 0.717) is 31.2 Å². The molecule has 7 nitrogen and oxygen atoms in total. The van der Waals surface area contributed by atoms with Crippen LogP contribution in [0.5, 0.6) is 5.75 Å². The van der Waals surface area contributed by atoms with Crippen LogP contribution in [0.1, 0.15) is 30.0 Å². The van der Waals surface area contributed by atoms with Crippen molar-refractivity contribution in [1.82, 2.24) is 14.1 Å². The van der Waals surface area contributed by atoms with E-state index in [1.54, 1.807) is 11.0 Å². The second-order valence-corrected chi connectivity index (χ2v) is 12.0. The summed E-state index contributed by atoms with van der Waals surface area (Å²) < 4.78 is 33.6. The van der Waals surface area contributed by atoms with Crippen molar-refractivity contribution < 1.29 is 17.9 Å². The number of hydrogen-bond donors (Lipinski definition) is 0. The van der Waals surface area contributed by atoms with E-state index in [2.05, 4.69) is 53.4 Å². The largest absolute Gasteiger partial charge is 0.482 e. The van der Waals surface area contributed by atoms with Gasteiger partial charge < -0.3 is 9.64 Å². The summed E-state index contributed by atoms with van der Waals surface area (Å²) >= 11 is 6.12. The van der Waals surface area contributed by atoms with Crippen molar-refractivity contribution in [2.24, 2.45) is 0 Å². The molecule has 1 amide bonds. The summed E-state index contributed by atoms with van der Waals surface area (Å²) in [5, 5.41) is 0.309. The molecule has 2 heterocycles. The van der Waals surface area contributed by atoms with Crippen LogP contribution in [0.4, 0.5) is 0 Å². The van der Waals surface area contributed by atoms with Gasteiger partial charge in [0.05, 0.1) is 6.04 Å². The van der Waals surface area contributed by atoms with E-state index >= 15 is 0 Å². The molecule has 0 bridgehead atoms. The van der Waals surface area contributed by atoms with E-state index in [9.17, 15) is 13.2 Å². The lowest BCUT2D eigenvalue weighted by atomic mass is 9.96. The molecule has 0 unspecified atom stereocenters. The van der Waals surface area contributed by atoms with Gasteiger partial charge in [-0.05, 0) is 42.2 Å². The van der Waals surface area contributed by atoms with Crippen LogP contribution in [0.25, 0.3) is 0 Å². The van der Waals surface area contributed by atoms with Crippen LogP contribution >= 0.6 is 11.6 Å². The Morgan fingerprint density at radius 2 is 1.39 bits per heavy atom. The Morgan fingerprint density at radius 1 is 0.816 bits per heavy atom. The molecular formula is C29H32ClN3O4S. The zero-order valence-corrected chi connectivity index (χ0v) is 22.8. The SMILES string of the molecule is O=C(COc1ccc(Cl)cc1S(=O)(=O)N1CCCC1)N1CCN(C(c2ccccc2)c2ccccc2)CC1. The van der Waals surface area contributed by atoms with Crippen molar-refractivity contribution in [3.8, 4) is 5.75 Å². The van der Waals surface area contributed by atoms with E-state index in [-0.39, 0.29) is 29.2 Å². The van der Waals surface area contributed by atoms with E-state index in [1.165, 1.54) is 27.6 Å². The fourth-order valence-corrected chi connectivity index (χ4v) is 7.13. The molecule has 9 heteroatoms. The molecule has 0 N–H and O–H groups in total. The van der Waals surface area contributed by atoms with Crippen LogP contribution in [0.3, 0.4) is 0 Å². The summed E-state index contributed by atoms with van der Waals surface area (Å²) in [5.74, 6) is -0.0124. The Bertz CT molecular complexity index is 1300. The van der Waals surface area contributed by atoms with Gasteiger partial charge in [-0.15, -0.1) is 0 Å². The second kappa shape index (κ2) is 11.9. The average Bonchev–Trinajstić information content (AvgIpc) is 3.50. The maximum atomic E-state index is 13.2. The highest BCUT2D eigenvalue weighted by atomic mass is 35.5. The molecule has 5 rings (SSSR count). The predicted molar refractivity (Wildman–Crippen MR) is 148 cm³/mol. The molecular weight excluding hydrogens is 522 g/mol. The monoisotopic (exact) mass is 553 g/mol. The average molecular weight is 554 g/mol. The lowest BCUT2D eigenvalue weighted by Crippen LogP contribution is -2.51. The zero-order valence-electron chi connectivity index (χ0n) is 21.2. The summed E-state index contributed by atoms with van der Waals surface area (Å²) in [7, 11) is -3.74. The third-order valence-electron chi connectivity index (χ3n) is 7.20. The Morgan fingerprint density at radius 3 is 1.97 bits per heavy atom. The number of halogens is 1. The number of sulfonamides is 1. The van der Waals surface area contributed by atoms with E-state index < -0.39 is 10.0 Å². The number of amides is 1. The second-order valence-electron chi connectivity index (χ2n) is 9.63. The first kappa shape index (κ1) is 26.7. The Balaban J connectivity index is 1.24. The first-order valence-corrected chi connectivity index (χ1v) is 14.8. The summed E-state index contributed by atoms with van der Waals surface area (Å²) in [4.78, 5) is 17.3. The summed E-state index contributed by atoms with van der Waals surface area (Å²) in [6, 6.07) is 25.4. The molecule has 0 spiro atoms. The van der Waals surface area contributed by atoms with Crippen molar-refractivity contribution in [3.05, 3.63) is 95.0 Å². The molecule has 0 aliphatic carbocycles. The van der Waals surface area contributed by atoms with Gasteiger partial charge in [0, 0.05) is 44.3 Å². The lowest BCUT2D eigenvalue weighted by Gasteiger charge is -2.39. The zero-order chi connectivity index (χ0) is 26.5. The maximum absolute atomic E-state index is 13.2. The molecule has 2 saturated heterocycles. The van der Waals surface area contributed by atoms with Gasteiger partial charge in [0.2, 0.25) is 10.0 Å². The molecule has 0 radical (unpaired) electrons. The molecule has 0 atom stereocenters. The Hall–Kier alpha value is -2.91. The molecule has 38 heavy (non-hydrogen) atoms. The quantitative estimate of drug-likeness (QED) is 0.412. The molecule has 3 aromatic carbocycles. The fraction of sp³-hybridized carbons (Fsp3) is 0.345. The van der Waals surface area contributed by atoms with Crippen LogP contribution in [0, 0.1) is 0 Å². The summed E-state index contributed by atoms with van der Waals surface area (Å²) in [6.07, 6.45) is 1.66. The van der Waals surface area contributed by atoms with Gasteiger partial charge in [0.25, 0.3) is 5.91 Å². The smallest absolute Gasteiger partial charge is 0.260 e. The van der Waals surface area contributed by atoms with E-state index in [4.69, 9.17) is 16.3 Å². The highest BCUT2D eigenvalue weighted by Gasteiger charge is 2.31. The number of carbonyl (C=O) groups is 1. The van der Waals surface area contributed by atoms with Crippen molar-refractivity contribution in [1.29, 1.82) is 0 Å². The fourth-order valence-electron chi connectivity index (χ4n) is 5.22. The number of rotatable bonds is 8. The minimum atomic E-state index is -3.74. The van der Waals surface area contributed by atoms with Crippen LogP contribution in [0.15, 0.2) is 83.8 Å². The van der Waals surface area contributed by atoms with Crippen molar-refractivity contribution in [2.45, 2.75) is 23.8 Å².